The van der Waals surface area contributed by atoms with Gasteiger partial charge in [0.05, 0.1) is 5.39 Å². The molecule has 4 rings (SSSR count). The highest BCUT2D eigenvalue weighted by Crippen LogP contribution is 2.40. The number of hydrogen-bond acceptors (Lipinski definition) is 5. The lowest BCUT2D eigenvalue weighted by Gasteiger charge is -2.19. The third-order valence-corrected chi connectivity index (χ3v) is 5.70. The fourth-order valence-electron chi connectivity index (χ4n) is 3.32. The number of benzene rings is 1. The summed E-state index contributed by atoms with van der Waals surface area (Å²) in [5.74, 6) is 0.583. The van der Waals surface area contributed by atoms with E-state index in [1.165, 1.54) is 22.2 Å². The number of aryl methyl sites for hydroxylation is 2. The van der Waals surface area contributed by atoms with Gasteiger partial charge in [-0.25, -0.2) is 9.97 Å². The van der Waals surface area contributed by atoms with Gasteiger partial charge in [0, 0.05) is 24.0 Å². The second-order valence-corrected chi connectivity index (χ2v) is 7.24. The topological polar surface area (TPSA) is 72.1 Å². The highest BCUT2D eigenvalue weighted by Gasteiger charge is 2.22. The summed E-state index contributed by atoms with van der Waals surface area (Å²) >= 11 is 1.80. The summed E-state index contributed by atoms with van der Waals surface area (Å²) < 4.78 is 0. The van der Waals surface area contributed by atoms with Crippen LogP contribution in [0.15, 0.2) is 30.6 Å². The maximum absolute atomic E-state index is 11.2. The number of nitrogens with zero attached hydrogens (tertiary/aromatic N) is 3. The van der Waals surface area contributed by atoms with Crippen LogP contribution in [0.2, 0.25) is 0 Å². The molecule has 3 aromatic rings. The van der Waals surface area contributed by atoms with Crippen LogP contribution < -0.4 is 10.6 Å². The average molecular weight is 338 g/mol. The normalized spacial score (nSPS) is 13.2. The van der Waals surface area contributed by atoms with Gasteiger partial charge in [-0.2, -0.15) is 0 Å². The van der Waals surface area contributed by atoms with Gasteiger partial charge < -0.3 is 10.6 Å². The number of hydrogen-bond donors (Lipinski definition) is 1. The molecule has 2 N–H and O–H groups in total. The molecule has 1 aliphatic carbocycles. The smallest absolute Gasteiger partial charge is 0.248 e. The Bertz CT molecular complexity index is 917. The van der Waals surface area contributed by atoms with Gasteiger partial charge >= 0.3 is 0 Å². The van der Waals surface area contributed by atoms with Crippen LogP contribution in [-0.2, 0) is 19.4 Å². The zero-order valence-corrected chi connectivity index (χ0v) is 14.3. The molecule has 0 unspecified atom stereocenters. The number of anilines is 1. The number of amides is 1. The Morgan fingerprint density at radius 2 is 2.04 bits per heavy atom. The zero-order valence-electron chi connectivity index (χ0n) is 13.5. The van der Waals surface area contributed by atoms with E-state index >= 15 is 0 Å². The molecule has 122 valence electrons. The van der Waals surface area contributed by atoms with Crippen LogP contribution in [-0.4, -0.2) is 22.9 Å². The Balaban J connectivity index is 1.66. The minimum absolute atomic E-state index is 0.402. The highest BCUT2D eigenvalue weighted by molar-refractivity contribution is 7.19. The van der Waals surface area contributed by atoms with Gasteiger partial charge in [0.25, 0.3) is 0 Å². The van der Waals surface area contributed by atoms with Gasteiger partial charge in [0.15, 0.2) is 0 Å². The Morgan fingerprint density at radius 1 is 1.25 bits per heavy atom. The average Bonchev–Trinajstić information content (AvgIpc) is 3.15. The molecule has 0 saturated heterocycles. The number of aromatic nitrogens is 2. The van der Waals surface area contributed by atoms with Crippen molar-refractivity contribution in [1.29, 1.82) is 0 Å². The Labute approximate surface area is 144 Å². The van der Waals surface area contributed by atoms with Crippen LogP contribution in [0.3, 0.4) is 0 Å². The molecule has 0 bridgehead atoms. The zero-order chi connectivity index (χ0) is 16.7. The van der Waals surface area contributed by atoms with Crippen LogP contribution in [0.25, 0.3) is 10.2 Å². The molecule has 2 aromatic heterocycles. The first-order valence-corrected chi connectivity index (χ1v) is 8.80. The van der Waals surface area contributed by atoms with Gasteiger partial charge in [-0.15, -0.1) is 11.3 Å². The summed E-state index contributed by atoms with van der Waals surface area (Å²) in [4.78, 5) is 24.9. The van der Waals surface area contributed by atoms with E-state index in [4.69, 9.17) is 5.73 Å². The number of rotatable bonds is 4. The Kier molecular flexibility index (Phi) is 3.69. The minimum Gasteiger partial charge on any atom is -0.366 e. The second kappa shape index (κ2) is 5.87. The van der Waals surface area contributed by atoms with E-state index in [1.54, 1.807) is 29.8 Å². The van der Waals surface area contributed by atoms with E-state index in [-0.39, 0.29) is 0 Å². The molecule has 0 saturated carbocycles. The SMILES string of the molecule is CN(Cc1ccc(C(N)=O)cc1)c1ncnc2sc3c(c12)CCC3. The van der Waals surface area contributed by atoms with E-state index in [9.17, 15) is 4.79 Å². The van der Waals surface area contributed by atoms with Crippen molar-refractivity contribution < 1.29 is 4.79 Å². The second-order valence-electron chi connectivity index (χ2n) is 6.15. The monoisotopic (exact) mass is 338 g/mol. The molecule has 0 spiro atoms. The number of fused-ring (bicyclic) bond motifs is 3. The third-order valence-electron chi connectivity index (χ3n) is 4.50. The van der Waals surface area contributed by atoms with Crippen LogP contribution in [0, 0.1) is 0 Å². The number of nitrogens with two attached hydrogens (primary N) is 1. The first-order valence-electron chi connectivity index (χ1n) is 7.98. The summed E-state index contributed by atoms with van der Waals surface area (Å²) in [6.45, 7) is 0.718. The van der Waals surface area contributed by atoms with Gasteiger partial charge in [-0.3, -0.25) is 4.79 Å². The molecule has 1 aliphatic rings. The quantitative estimate of drug-likeness (QED) is 0.794. The third kappa shape index (κ3) is 2.53. The van der Waals surface area contributed by atoms with E-state index in [0.29, 0.717) is 5.56 Å². The molecule has 0 atom stereocenters. The number of carbonyl (C=O) groups is 1. The van der Waals surface area contributed by atoms with Crippen LogP contribution >= 0.6 is 11.3 Å². The summed E-state index contributed by atoms with van der Waals surface area (Å²) in [6.07, 6.45) is 5.16. The van der Waals surface area contributed by atoms with Gasteiger partial charge in [-0.1, -0.05) is 12.1 Å². The van der Waals surface area contributed by atoms with E-state index in [0.717, 1.165) is 35.6 Å². The summed E-state index contributed by atoms with van der Waals surface area (Å²) in [7, 11) is 2.04. The summed E-state index contributed by atoms with van der Waals surface area (Å²) in [6, 6.07) is 7.41. The Hall–Kier alpha value is -2.47. The number of thiophene rings is 1. The molecular formula is C18H18N4OS. The molecular weight excluding hydrogens is 320 g/mol. The number of primary amides is 1. The predicted octanol–water partition coefficient (Wildman–Crippen LogP) is 2.92. The van der Waals surface area contributed by atoms with E-state index in [1.807, 2.05) is 19.2 Å². The first kappa shape index (κ1) is 15.1. The first-order chi connectivity index (χ1) is 11.6. The minimum atomic E-state index is -0.402. The summed E-state index contributed by atoms with van der Waals surface area (Å²) in [5, 5.41) is 1.21. The van der Waals surface area contributed by atoms with E-state index in [2.05, 4.69) is 14.9 Å². The summed E-state index contributed by atoms with van der Waals surface area (Å²) in [5.41, 5.74) is 8.37. The van der Waals surface area contributed by atoms with Gasteiger partial charge in [0.2, 0.25) is 5.91 Å². The van der Waals surface area contributed by atoms with Crippen LogP contribution in [0.4, 0.5) is 5.82 Å². The molecule has 0 aliphatic heterocycles. The molecule has 24 heavy (non-hydrogen) atoms. The van der Waals surface area contributed by atoms with Crippen molar-refractivity contribution in [3.05, 3.63) is 52.2 Å². The molecule has 2 heterocycles. The van der Waals surface area contributed by atoms with E-state index < -0.39 is 5.91 Å². The fraction of sp³-hybridized carbons (Fsp3) is 0.278. The lowest BCUT2D eigenvalue weighted by atomic mass is 10.1. The maximum atomic E-state index is 11.2. The number of carbonyl (C=O) groups excluding carboxylic acids is 1. The van der Waals surface area contributed by atoms with Crippen molar-refractivity contribution in [2.24, 2.45) is 5.73 Å². The van der Waals surface area contributed by atoms with Crippen molar-refractivity contribution >= 4 is 33.3 Å². The van der Waals surface area contributed by atoms with Crippen LogP contribution in [0.5, 0.6) is 0 Å². The standard InChI is InChI=1S/C18H18N4OS/c1-22(9-11-5-7-12(8-6-11)16(19)23)17-15-13-3-2-4-14(13)24-18(15)21-10-20-17/h5-8,10H,2-4,9H2,1H3,(H2,19,23). The lowest BCUT2D eigenvalue weighted by Crippen LogP contribution is -2.18. The maximum Gasteiger partial charge on any atom is 0.248 e. The molecule has 6 heteroatoms. The predicted molar refractivity (Wildman–Crippen MR) is 96.5 cm³/mol. The lowest BCUT2D eigenvalue weighted by molar-refractivity contribution is 0.100. The molecule has 0 fully saturated rings. The van der Waals surface area contributed by atoms with Crippen molar-refractivity contribution in [1.82, 2.24) is 9.97 Å². The van der Waals surface area contributed by atoms with Crippen molar-refractivity contribution in [2.45, 2.75) is 25.8 Å². The van der Waals surface area contributed by atoms with Crippen molar-refractivity contribution in [3.8, 4) is 0 Å². The van der Waals surface area contributed by atoms with Gasteiger partial charge in [-0.05, 0) is 42.5 Å². The molecule has 1 aromatic carbocycles. The molecule has 1 amide bonds. The highest BCUT2D eigenvalue weighted by atomic mass is 32.1. The van der Waals surface area contributed by atoms with Crippen LogP contribution in [0.1, 0.15) is 32.8 Å². The molecule has 5 nitrogen and oxygen atoms in total. The largest absolute Gasteiger partial charge is 0.366 e. The Morgan fingerprint density at radius 3 is 2.79 bits per heavy atom. The molecule has 0 radical (unpaired) electrons. The van der Waals surface area contributed by atoms with Crippen molar-refractivity contribution in [3.63, 3.8) is 0 Å². The van der Waals surface area contributed by atoms with Crippen molar-refractivity contribution in [2.75, 3.05) is 11.9 Å². The van der Waals surface area contributed by atoms with Gasteiger partial charge in [0.1, 0.15) is 17.0 Å². The fourth-order valence-corrected chi connectivity index (χ4v) is 4.55.